The van der Waals surface area contributed by atoms with Gasteiger partial charge >= 0.3 is 0 Å². The summed E-state index contributed by atoms with van der Waals surface area (Å²) >= 11 is 1.58. The van der Waals surface area contributed by atoms with Crippen LogP contribution < -0.4 is 4.74 Å². The van der Waals surface area contributed by atoms with Gasteiger partial charge in [0.1, 0.15) is 12.4 Å². The number of nitrogens with zero attached hydrogens (tertiary/aromatic N) is 3. The first-order valence-electron chi connectivity index (χ1n) is 10.7. The lowest BCUT2D eigenvalue weighted by atomic mass is 10.1. The summed E-state index contributed by atoms with van der Waals surface area (Å²) in [5.41, 5.74) is 1.84. The highest BCUT2D eigenvalue weighted by Gasteiger charge is 2.24. The van der Waals surface area contributed by atoms with Crippen LogP contribution in [0.2, 0.25) is 0 Å². The van der Waals surface area contributed by atoms with Crippen LogP contribution in [0.3, 0.4) is 0 Å². The van der Waals surface area contributed by atoms with Crippen LogP contribution in [-0.4, -0.2) is 52.8 Å². The van der Waals surface area contributed by atoms with Crippen LogP contribution in [-0.2, 0) is 11.4 Å². The Morgan fingerprint density at radius 3 is 2.38 bits per heavy atom. The van der Waals surface area contributed by atoms with Crippen LogP contribution in [0.5, 0.6) is 5.75 Å². The number of rotatable bonds is 6. The fourth-order valence-electron chi connectivity index (χ4n) is 3.52. The Bertz CT molecular complexity index is 1200. The van der Waals surface area contributed by atoms with Gasteiger partial charge in [0.05, 0.1) is 10.7 Å². The predicted octanol–water partition coefficient (Wildman–Crippen LogP) is 4.31. The molecular weight excluding hydrogens is 460 g/mol. The molecule has 176 valence electrons. The van der Waals surface area contributed by atoms with Crippen molar-refractivity contribution in [3.63, 3.8) is 0 Å². The highest BCUT2D eigenvalue weighted by Crippen LogP contribution is 2.17. The monoisotopic (exact) mass is 483 g/mol. The van der Waals surface area contributed by atoms with E-state index in [0.29, 0.717) is 32.8 Å². The van der Waals surface area contributed by atoms with E-state index in [-0.39, 0.29) is 17.4 Å². The molecular formula is C25H23F2N3O3S. The second-order valence-corrected chi connectivity index (χ2v) is 8.86. The average molecular weight is 484 g/mol. The Labute approximate surface area is 200 Å². The lowest BCUT2D eigenvalue weighted by Gasteiger charge is -2.34. The first-order valence-corrected chi connectivity index (χ1v) is 11.6. The van der Waals surface area contributed by atoms with Crippen molar-refractivity contribution in [3.05, 3.63) is 87.4 Å². The highest BCUT2D eigenvalue weighted by molar-refractivity contribution is 7.09. The third-order valence-electron chi connectivity index (χ3n) is 5.40. The van der Waals surface area contributed by atoms with Gasteiger partial charge in [0.25, 0.3) is 5.91 Å². The van der Waals surface area contributed by atoms with E-state index in [9.17, 15) is 18.4 Å². The number of aryl methyl sites for hydroxylation is 1. The molecule has 1 aliphatic heterocycles. The third kappa shape index (κ3) is 5.85. The first-order chi connectivity index (χ1) is 16.4. The van der Waals surface area contributed by atoms with Crippen LogP contribution in [0, 0.1) is 18.6 Å². The molecule has 1 aliphatic rings. The number of benzene rings is 2. The molecule has 0 spiro atoms. The molecule has 0 radical (unpaired) electrons. The summed E-state index contributed by atoms with van der Waals surface area (Å²) in [7, 11) is 0. The topological polar surface area (TPSA) is 62.7 Å². The summed E-state index contributed by atoms with van der Waals surface area (Å²) in [6.07, 6.45) is 3.23. The largest absolute Gasteiger partial charge is 0.487 e. The maximum atomic E-state index is 13.4. The molecule has 3 aromatic rings. The van der Waals surface area contributed by atoms with E-state index < -0.39 is 11.6 Å². The van der Waals surface area contributed by atoms with Gasteiger partial charge in [-0.1, -0.05) is 12.1 Å². The molecule has 1 saturated heterocycles. The van der Waals surface area contributed by atoms with E-state index in [0.717, 1.165) is 34.1 Å². The normalized spacial score (nSPS) is 14.0. The molecule has 34 heavy (non-hydrogen) atoms. The molecule has 0 atom stereocenters. The second kappa shape index (κ2) is 10.6. The van der Waals surface area contributed by atoms with E-state index in [1.54, 1.807) is 22.3 Å². The molecule has 6 nitrogen and oxygen atoms in total. The number of halogens is 2. The van der Waals surface area contributed by atoms with Gasteiger partial charge < -0.3 is 14.5 Å². The van der Waals surface area contributed by atoms with E-state index in [2.05, 4.69) is 4.98 Å². The van der Waals surface area contributed by atoms with Gasteiger partial charge in [-0.2, -0.15) is 0 Å². The standard InChI is InChI=1S/C25H23F2N3O3S/c1-17-28-20(16-34-17)15-33-21-6-2-18(3-7-21)4-9-24(31)29-10-12-30(13-11-29)25(32)19-5-8-22(26)23(27)14-19/h2-9,14,16H,10-13,15H2,1H3/b9-4+. The first kappa shape index (κ1) is 23.6. The van der Waals surface area contributed by atoms with Crippen LogP contribution in [0.1, 0.15) is 26.6 Å². The number of hydrogen-bond donors (Lipinski definition) is 0. The summed E-state index contributed by atoms with van der Waals surface area (Å²) < 4.78 is 32.2. The Morgan fingerprint density at radius 1 is 1.03 bits per heavy atom. The van der Waals surface area contributed by atoms with Crippen molar-refractivity contribution in [2.75, 3.05) is 26.2 Å². The molecule has 4 rings (SSSR count). The van der Waals surface area contributed by atoms with E-state index in [1.165, 1.54) is 17.0 Å². The summed E-state index contributed by atoms with van der Waals surface area (Å²) in [4.78, 5) is 32.6. The van der Waals surface area contributed by atoms with Gasteiger partial charge in [-0.3, -0.25) is 9.59 Å². The number of amides is 2. The van der Waals surface area contributed by atoms with Crippen LogP contribution in [0.4, 0.5) is 8.78 Å². The van der Waals surface area contributed by atoms with Crippen LogP contribution in [0.25, 0.3) is 6.08 Å². The molecule has 0 unspecified atom stereocenters. The molecule has 9 heteroatoms. The molecule has 0 saturated carbocycles. The van der Waals surface area contributed by atoms with E-state index in [1.807, 2.05) is 36.6 Å². The zero-order chi connectivity index (χ0) is 24.1. The van der Waals surface area contributed by atoms with Crippen molar-refractivity contribution < 1.29 is 23.1 Å². The Morgan fingerprint density at radius 2 is 1.74 bits per heavy atom. The van der Waals surface area contributed by atoms with Gasteiger partial charge in [0.2, 0.25) is 5.91 Å². The minimum atomic E-state index is -1.06. The molecule has 0 aliphatic carbocycles. The second-order valence-electron chi connectivity index (χ2n) is 7.80. The molecule has 0 bridgehead atoms. The highest BCUT2D eigenvalue weighted by atomic mass is 32.1. The molecule has 2 aromatic carbocycles. The van der Waals surface area contributed by atoms with Gasteiger partial charge in [0.15, 0.2) is 11.6 Å². The fraction of sp³-hybridized carbons (Fsp3) is 0.240. The maximum absolute atomic E-state index is 13.4. The number of piperazine rings is 1. The summed E-state index contributed by atoms with van der Waals surface area (Å²) in [6, 6.07) is 10.5. The van der Waals surface area contributed by atoms with E-state index >= 15 is 0 Å². The fourth-order valence-corrected chi connectivity index (χ4v) is 4.12. The van der Waals surface area contributed by atoms with Crippen molar-refractivity contribution in [2.45, 2.75) is 13.5 Å². The summed E-state index contributed by atoms with van der Waals surface area (Å²) in [5.74, 6) is -1.87. The van der Waals surface area contributed by atoms with Crippen molar-refractivity contribution in [3.8, 4) is 5.75 Å². The molecule has 2 amide bonds. The quantitative estimate of drug-likeness (QED) is 0.491. The maximum Gasteiger partial charge on any atom is 0.254 e. The van der Waals surface area contributed by atoms with Crippen LogP contribution in [0.15, 0.2) is 53.9 Å². The van der Waals surface area contributed by atoms with Gasteiger partial charge in [-0.05, 0) is 48.9 Å². The molecule has 2 heterocycles. The molecule has 1 fully saturated rings. The van der Waals surface area contributed by atoms with Crippen molar-refractivity contribution in [1.29, 1.82) is 0 Å². The summed E-state index contributed by atoms with van der Waals surface area (Å²) in [6.45, 7) is 3.72. The molecule has 1 aromatic heterocycles. The predicted molar refractivity (Wildman–Crippen MR) is 126 cm³/mol. The lowest BCUT2D eigenvalue weighted by molar-refractivity contribution is -0.127. The Balaban J connectivity index is 1.25. The Kier molecular flexibility index (Phi) is 7.32. The number of aromatic nitrogens is 1. The van der Waals surface area contributed by atoms with E-state index in [4.69, 9.17) is 4.74 Å². The number of carbonyl (C=O) groups excluding carboxylic acids is 2. The molecule has 0 N–H and O–H groups in total. The number of carbonyl (C=O) groups is 2. The Hall–Kier alpha value is -3.59. The zero-order valence-corrected chi connectivity index (χ0v) is 19.4. The SMILES string of the molecule is Cc1nc(COc2ccc(/C=C/C(=O)N3CCN(C(=O)c4ccc(F)c(F)c4)CC3)cc2)cs1. The van der Waals surface area contributed by atoms with Gasteiger partial charge in [0, 0.05) is 43.2 Å². The smallest absolute Gasteiger partial charge is 0.254 e. The van der Waals surface area contributed by atoms with Gasteiger partial charge in [-0.25, -0.2) is 13.8 Å². The summed E-state index contributed by atoms with van der Waals surface area (Å²) in [5, 5.41) is 2.97. The number of hydrogen-bond acceptors (Lipinski definition) is 5. The zero-order valence-electron chi connectivity index (χ0n) is 18.5. The van der Waals surface area contributed by atoms with Crippen molar-refractivity contribution in [2.24, 2.45) is 0 Å². The third-order valence-corrected chi connectivity index (χ3v) is 6.22. The number of ether oxygens (including phenoxy) is 1. The van der Waals surface area contributed by atoms with Crippen LogP contribution >= 0.6 is 11.3 Å². The average Bonchev–Trinajstić information content (AvgIpc) is 3.28. The van der Waals surface area contributed by atoms with Crippen molar-refractivity contribution >= 4 is 29.2 Å². The van der Waals surface area contributed by atoms with Gasteiger partial charge in [-0.15, -0.1) is 11.3 Å². The lowest BCUT2D eigenvalue weighted by Crippen LogP contribution is -2.50. The van der Waals surface area contributed by atoms with Crippen molar-refractivity contribution in [1.82, 2.24) is 14.8 Å². The number of thiazole rings is 1. The minimum Gasteiger partial charge on any atom is -0.487 e. The minimum absolute atomic E-state index is 0.0905.